The molecule has 22 heteroatoms. The number of nitrogen functional groups attached to an aromatic ring is 2. The molecule has 0 bridgehead atoms. The number of anilines is 2. The van der Waals surface area contributed by atoms with Crippen LogP contribution in [0.4, 0.5) is 16.0 Å². The van der Waals surface area contributed by atoms with Gasteiger partial charge in [0.25, 0.3) is 0 Å². The van der Waals surface area contributed by atoms with E-state index in [0.29, 0.717) is 22.3 Å². The third-order valence-electron chi connectivity index (χ3n) is 7.69. The molecule has 17 nitrogen and oxygen atoms in total. The molecule has 2 saturated heterocycles. The highest BCUT2D eigenvalue weighted by molar-refractivity contribution is 8.44. The molecule has 4 aromatic rings. The van der Waals surface area contributed by atoms with E-state index in [1.165, 1.54) is 29.9 Å². The number of rotatable bonds is 2. The van der Waals surface area contributed by atoms with E-state index in [4.69, 9.17) is 34.3 Å². The Kier molecular flexibility index (Phi) is 7.42. The Morgan fingerprint density at radius 1 is 0.814 bits per heavy atom. The molecule has 0 radical (unpaired) electrons. The summed E-state index contributed by atoms with van der Waals surface area (Å²) in [5, 5.41) is 0. The Morgan fingerprint density at radius 3 is 2.12 bits per heavy atom. The summed E-state index contributed by atoms with van der Waals surface area (Å²) in [4.78, 5) is 24.7. The fraction of sp³-hybridized carbons (Fsp3) is 0.524. The summed E-state index contributed by atoms with van der Waals surface area (Å²) in [5.41, 5.74) is 13.2. The number of hydrogen-bond donors (Lipinski definition) is 4. The zero-order valence-corrected chi connectivity index (χ0v) is 25.5. The Morgan fingerprint density at radius 2 is 1.42 bits per heavy atom. The third-order valence-corrected chi connectivity index (χ3v) is 10.9. The van der Waals surface area contributed by atoms with Gasteiger partial charge in [0.1, 0.15) is 54.4 Å². The molecular formula is C21H25FN10O7P2S2. The second-order valence-electron chi connectivity index (χ2n) is 10.3. The van der Waals surface area contributed by atoms with Crippen LogP contribution in [0.3, 0.4) is 0 Å². The van der Waals surface area contributed by atoms with Crippen molar-refractivity contribution in [3.63, 3.8) is 0 Å². The van der Waals surface area contributed by atoms with Gasteiger partial charge >= 0.3 is 13.6 Å². The summed E-state index contributed by atoms with van der Waals surface area (Å²) in [7, 11) is 0. The lowest BCUT2D eigenvalue weighted by Crippen LogP contribution is -2.32. The summed E-state index contributed by atoms with van der Waals surface area (Å²) in [6.45, 7) is -8.86. The topological polar surface area (TPSA) is 220 Å². The van der Waals surface area contributed by atoms with Crippen LogP contribution < -0.4 is 11.5 Å². The van der Waals surface area contributed by atoms with E-state index >= 15 is 4.39 Å². The second-order valence-corrected chi connectivity index (χ2v) is 16.0. The lowest BCUT2D eigenvalue weighted by Gasteiger charge is -2.28. The van der Waals surface area contributed by atoms with Crippen LogP contribution in [0.1, 0.15) is 25.1 Å². The number of alkyl halides is 1. The number of halogens is 1. The van der Waals surface area contributed by atoms with Crippen molar-refractivity contribution in [2.45, 2.75) is 49.6 Å². The molecule has 3 aliphatic rings. The number of fused-ring (bicyclic) bond motifs is 4. The average molecular weight is 675 g/mol. The van der Waals surface area contributed by atoms with Gasteiger partial charge in [-0.05, 0) is 6.42 Å². The van der Waals surface area contributed by atoms with Gasteiger partial charge in [0.05, 0.1) is 31.9 Å². The number of aromatic nitrogens is 8. The van der Waals surface area contributed by atoms with Gasteiger partial charge in [-0.25, -0.2) is 43.4 Å². The van der Waals surface area contributed by atoms with Crippen LogP contribution in [0, 0.1) is 5.92 Å². The first-order valence-corrected chi connectivity index (χ1v) is 18.4. The molecule has 3 unspecified atom stereocenters. The predicted molar refractivity (Wildman–Crippen MR) is 155 cm³/mol. The minimum atomic E-state index is -4.16. The molecule has 0 aromatic carbocycles. The minimum absolute atomic E-state index is 0.110. The normalized spacial score (nSPS) is 37.1. The molecule has 2 aliphatic heterocycles. The maximum absolute atomic E-state index is 16.1. The first-order valence-electron chi connectivity index (χ1n) is 13.0. The highest BCUT2D eigenvalue weighted by atomic mass is 32.7. The second kappa shape index (κ2) is 10.9. The van der Waals surface area contributed by atoms with Gasteiger partial charge in [-0.3, -0.25) is 18.1 Å². The molecule has 43 heavy (non-hydrogen) atoms. The Hall–Kier alpha value is -2.41. The van der Waals surface area contributed by atoms with Crippen molar-refractivity contribution in [3.8, 4) is 0 Å². The molecule has 9 atom stereocenters. The fourth-order valence-electron chi connectivity index (χ4n) is 5.70. The summed E-state index contributed by atoms with van der Waals surface area (Å²) in [6.07, 6.45) is 0.0657. The summed E-state index contributed by atoms with van der Waals surface area (Å²) in [5.74, 6) is -0.430. The number of thiol groups is 2. The first-order chi connectivity index (χ1) is 20.5. The van der Waals surface area contributed by atoms with Gasteiger partial charge in [0.2, 0.25) is 0 Å². The van der Waals surface area contributed by atoms with Crippen molar-refractivity contribution in [2.75, 3.05) is 24.7 Å². The van der Waals surface area contributed by atoms with Crippen molar-refractivity contribution in [3.05, 3.63) is 25.3 Å². The first kappa shape index (κ1) is 29.3. The summed E-state index contributed by atoms with van der Waals surface area (Å²) < 4.78 is 74.8. The Balaban J connectivity index is 1.15. The maximum Gasteiger partial charge on any atom is 0.386 e. The highest BCUT2D eigenvalue weighted by Crippen LogP contribution is 2.61. The molecule has 0 amide bonds. The van der Waals surface area contributed by atoms with Crippen molar-refractivity contribution >= 4 is 72.1 Å². The molecular weight excluding hydrogens is 649 g/mol. The van der Waals surface area contributed by atoms with E-state index in [0.717, 1.165) is 0 Å². The molecule has 0 spiro atoms. The minimum Gasteiger partial charge on any atom is -0.382 e. The molecule has 4 aromatic heterocycles. The molecule has 1 aliphatic carbocycles. The van der Waals surface area contributed by atoms with Crippen LogP contribution >= 0.6 is 38.1 Å². The Labute approximate surface area is 252 Å². The number of imidazole rings is 2. The third kappa shape index (κ3) is 5.42. The van der Waals surface area contributed by atoms with Gasteiger partial charge in [-0.15, -0.1) is 0 Å². The number of ether oxygens (including phenoxy) is 1. The number of nitrogens with two attached hydrogens (primary N) is 2. The van der Waals surface area contributed by atoms with Crippen LogP contribution in [-0.2, 0) is 32.0 Å². The zero-order valence-electron chi connectivity index (χ0n) is 21.9. The van der Waals surface area contributed by atoms with Crippen LogP contribution in [0.25, 0.3) is 22.3 Å². The van der Waals surface area contributed by atoms with Gasteiger partial charge in [-0.1, -0.05) is 24.5 Å². The SMILES string of the molecule is Nc1ncnc2c1ncn2[C@@H]1C[C@@H]2COP(=O)(S)O[C@@H]3C[C@H](n4cnc5c(N)ncnc54)O[C@@H]3COP(=O)(S)OC2[C@@H]1F. The van der Waals surface area contributed by atoms with Crippen LogP contribution in [0.15, 0.2) is 25.3 Å². The van der Waals surface area contributed by atoms with E-state index < -0.39 is 56.3 Å². The molecule has 6 heterocycles. The average Bonchev–Trinajstić information content (AvgIpc) is 3.72. The van der Waals surface area contributed by atoms with E-state index in [2.05, 4.69) is 54.4 Å². The summed E-state index contributed by atoms with van der Waals surface area (Å²) >= 11 is 8.29. The maximum atomic E-state index is 16.1. The van der Waals surface area contributed by atoms with E-state index in [1.54, 1.807) is 4.57 Å². The molecule has 230 valence electrons. The number of hydrogen-bond acceptors (Lipinski definition) is 15. The standard InChI is InChI=1S/C21H25FN10O7P2S2/c22-14-10(31-7-29-15-18(23)25-5-27-20(15)31)1-9-3-35-40(33,42)38-11-2-13(32-8-30-16-19(24)26-6-28-21(16)32)37-12(11)4-36-41(34,43)39-17(9)14/h5-14,17H,1-4H2,(H,33,42)(H,34,43)(H2,23,25,27)(H2,24,26,28)/t9-,10-,11-,12-,13-,14-,17?,40?,41?/m1/s1. The largest absolute Gasteiger partial charge is 0.386 e. The van der Waals surface area contributed by atoms with Crippen molar-refractivity contribution in [1.29, 1.82) is 0 Å². The zero-order chi connectivity index (χ0) is 30.1. The fourth-order valence-corrected chi connectivity index (χ4v) is 8.78. The van der Waals surface area contributed by atoms with Crippen LogP contribution in [-0.4, -0.2) is 76.7 Å². The monoisotopic (exact) mass is 674 g/mol. The van der Waals surface area contributed by atoms with E-state index in [1.807, 2.05) is 0 Å². The van der Waals surface area contributed by atoms with Crippen molar-refractivity contribution in [2.24, 2.45) is 5.92 Å². The van der Waals surface area contributed by atoms with Crippen molar-refractivity contribution in [1.82, 2.24) is 39.0 Å². The molecule has 3 fully saturated rings. The Bertz CT molecular complexity index is 1800. The van der Waals surface area contributed by atoms with E-state index in [-0.39, 0.29) is 37.7 Å². The highest BCUT2D eigenvalue weighted by Gasteiger charge is 2.51. The van der Waals surface area contributed by atoms with Gasteiger partial charge in [-0.2, -0.15) is 0 Å². The molecule has 4 N–H and O–H groups in total. The molecule has 7 rings (SSSR count). The van der Waals surface area contributed by atoms with Gasteiger partial charge < -0.3 is 25.3 Å². The van der Waals surface area contributed by atoms with Gasteiger partial charge in [0.15, 0.2) is 22.9 Å². The smallest absolute Gasteiger partial charge is 0.382 e. The lowest BCUT2D eigenvalue weighted by atomic mass is 10.1. The number of nitrogens with zero attached hydrogens (tertiary/aromatic N) is 8. The lowest BCUT2D eigenvalue weighted by molar-refractivity contribution is -0.0422. The van der Waals surface area contributed by atoms with Gasteiger partial charge in [0, 0.05) is 12.3 Å². The van der Waals surface area contributed by atoms with Crippen LogP contribution in [0.5, 0.6) is 0 Å². The van der Waals surface area contributed by atoms with Crippen LogP contribution in [0.2, 0.25) is 0 Å². The summed E-state index contributed by atoms with van der Waals surface area (Å²) in [6, 6.07) is -0.872. The molecule has 1 saturated carbocycles. The quantitative estimate of drug-likeness (QED) is 0.177. The van der Waals surface area contributed by atoms with E-state index in [9.17, 15) is 9.13 Å². The predicted octanol–water partition coefficient (Wildman–Crippen LogP) is 2.91. The van der Waals surface area contributed by atoms with Crippen molar-refractivity contribution < 1.29 is 36.4 Å².